The van der Waals surface area contributed by atoms with Gasteiger partial charge in [0.1, 0.15) is 11.6 Å². The first-order valence-corrected chi connectivity index (χ1v) is 8.16. The van der Waals surface area contributed by atoms with Crippen molar-refractivity contribution in [1.29, 1.82) is 5.26 Å². The number of H-pyrrole nitrogens is 2. The third-order valence-corrected chi connectivity index (χ3v) is 4.81. The Labute approximate surface area is 144 Å². The second kappa shape index (κ2) is 5.35. The van der Waals surface area contributed by atoms with Crippen LogP contribution in [0.2, 0.25) is 0 Å². The quantitative estimate of drug-likeness (QED) is 0.541. The van der Waals surface area contributed by atoms with Gasteiger partial charge < -0.3 is 9.97 Å². The summed E-state index contributed by atoms with van der Waals surface area (Å²) in [6, 6.07) is 14.2. The van der Waals surface area contributed by atoms with Gasteiger partial charge in [0, 0.05) is 33.1 Å². The number of aryl methyl sites for hydroxylation is 3. The molecular formula is C21H17N3O. The number of pyridine rings is 1. The number of aromatic nitrogens is 2. The molecule has 0 radical (unpaired) electrons. The smallest absolute Gasteiger partial charge is 0.266 e. The monoisotopic (exact) mass is 327 g/mol. The summed E-state index contributed by atoms with van der Waals surface area (Å²) in [5.74, 6) is 0. The number of nitrogens with zero attached hydrogens (tertiary/aromatic N) is 1. The number of rotatable bonds is 1. The first-order valence-electron chi connectivity index (χ1n) is 8.16. The Morgan fingerprint density at radius 2 is 1.76 bits per heavy atom. The van der Waals surface area contributed by atoms with Crippen LogP contribution in [0, 0.1) is 32.1 Å². The van der Waals surface area contributed by atoms with E-state index in [2.05, 4.69) is 41.2 Å². The minimum Gasteiger partial charge on any atom is -0.354 e. The summed E-state index contributed by atoms with van der Waals surface area (Å²) >= 11 is 0. The summed E-state index contributed by atoms with van der Waals surface area (Å²) in [5, 5.41) is 11.8. The van der Waals surface area contributed by atoms with E-state index < -0.39 is 0 Å². The molecule has 25 heavy (non-hydrogen) atoms. The Hall–Kier alpha value is -3.32. The number of aromatic amines is 2. The minimum absolute atomic E-state index is 0.160. The fraction of sp³-hybridized carbons (Fsp3) is 0.143. The topological polar surface area (TPSA) is 72.4 Å². The van der Waals surface area contributed by atoms with Gasteiger partial charge in [-0.25, -0.2) is 0 Å². The lowest BCUT2D eigenvalue weighted by Crippen LogP contribution is -2.13. The molecule has 2 heterocycles. The fourth-order valence-corrected chi connectivity index (χ4v) is 3.65. The first-order chi connectivity index (χ1) is 12.0. The molecule has 0 spiro atoms. The Bertz CT molecular complexity index is 1250. The fourth-order valence-electron chi connectivity index (χ4n) is 3.65. The van der Waals surface area contributed by atoms with Gasteiger partial charge in [-0.15, -0.1) is 0 Å². The summed E-state index contributed by atoms with van der Waals surface area (Å²) < 4.78 is 0. The van der Waals surface area contributed by atoms with Gasteiger partial charge in [0.15, 0.2) is 0 Å². The molecule has 2 aromatic carbocycles. The SMILES string of the molecule is Cc1cc(-c2cc(C)c3[nH]c4ccccc4c3c2C)c(C#N)c(=O)[nH]1. The van der Waals surface area contributed by atoms with Crippen molar-refractivity contribution < 1.29 is 0 Å². The highest BCUT2D eigenvalue weighted by Gasteiger charge is 2.17. The molecule has 0 atom stereocenters. The summed E-state index contributed by atoms with van der Waals surface area (Å²) in [4.78, 5) is 18.4. The molecule has 0 aliphatic heterocycles. The molecule has 4 rings (SSSR count). The molecule has 2 aromatic heterocycles. The molecule has 0 saturated heterocycles. The number of hydrogen-bond donors (Lipinski definition) is 2. The standard InChI is InChI=1S/C21H17N3O/c1-11-8-15(16-9-12(2)23-21(25)17(16)10-22)13(3)19-14-6-4-5-7-18(14)24-20(11)19/h4-9,24H,1-3H3,(H,23,25). The average molecular weight is 327 g/mol. The molecule has 4 heteroatoms. The molecule has 0 amide bonds. The van der Waals surface area contributed by atoms with Gasteiger partial charge in [0.2, 0.25) is 0 Å². The van der Waals surface area contributed by atoms with Crippen LogP contribution in [0.5, 0.6) is 0 Å². The van der Waals surface area contributed by atoms with Gasteiger partial charge >= 0.3 is 0 Å². The van der Waals surface area contributed by atoms with E-state index in [4.69, 9.17) is 0 Å². The molecular weight excluding hydrogens is 310 g/mol. The minimum atomic E-state index is -0.339. The Kier molecular flexibility index (Phi) is 3.26. The molecule has 2 N–H and O–H groups in total. The molecule has 0 fully saturated rings. The number of hydrogen-bond acceptors (Lipinski definition) is 2. The Morgan fingerprint density at radius 1 is 1.00 bits per heavy atom. The number of benzene rings is 2. The molecule has 0 bridgehead atoms. The summed E-state index contributed by atoms with van der Waals surface area (Å²) in [5.41, 5.74) is 6.53. The van der Waals surface area contributed by atoms with Crippen molar-refractivity contribution in [2.24, 2.45) is 0 Å². The van der Waals surface area contributed by atoms with Crippen molar-refractivity contribution in [3.63, 3.8) is 0 Å². The lowest BCUT2D eigenvalue weighted by molar-refractivity contribution is 1.13. The van der Waals surface area contributed by atoms with Crippen LogP contribution in [0.3, 0.4) is 0 Å². The van der Waals surface area contributed by atoms with Crippen LogP contribution in [0.15, 0.2) is 41.2 Å². The molecule has 0 aliphatic rings. The van der Waals surface area contributed by atoms with Crippen LogP contribution < -0.4 is 5.56 Å². The number of nitrogens with one attached hydrogen (secondary N) is 2. The van der Waals surface area contributed by atoms with Crippen molar-refractivity contribution in [2.75, 3.05) is 0 Å². The van der Waals surface area contributed by atoms with Gasteiger partial charge in [-0.2, -0.15) is 5.26 Å². The maximum Gasteiger partial charge on any atom is 0.266 e. The van der Waals surface area contributed by atoms with E-state index in [9.17, 15) is 10.1 Å². The summed E-state index contributed by atoms with van der Waals surface area (Å²) in [6.07, 6.45) is 0. The average Bonchev–Trinajstić information content (AvgIpc) is 2.98. The van der Waals surface area contributed by atoms with Crippen molar-refractivity contribution in [1.82, 2.24) is 9.97 Å². The van der Waals surface area contributed by atoms with Gasteiger partial charge in [0.05, 0.1) is 0 Å². The number of para-hydroxylation sites is 1. The molecule has 0 saturated carbocycles. The Morgan fingerprint density at radius 3 is 2.52 bits per heavy atom. The van der Waals surface area contributed by atoms with E-state index in [0.29, 0.717) is 5.56 Å². The van der Waals surface area contributed by atoms with Gasteiger partial charge in [0.25, 0.3) is 5.56 Å². The van der Waals surface area contributed by atoms with Gasteiger partial charge in [-0.1, -0.05) is 18.2 Å². The highest BCUT2D eigenvalue weighted by molar-refractivity contribution is 6.11. The van der Waals surface area contributed by atoms with Gasteiger partial charge in [-0.05, 0) is 55.7 Å². The maximum atomic E-state index is 12.2. The third-order valence-electron chi connectivity index (χ3n) is 4.81. The molecule has 4 nitrogen and oxygen atoms in total. The largest absolute Gasteiger partial charge is 0.354 e. The highest BCUT2D eigenvalue weighted by atomic mass is 16.1. The molecule has 122 valence electrons. The predicted octanol–water partition coefficient (Wildman–Crippen LogP) is 4.47. The van der Waals surface area contributed by atoms with E-state index >= 15 is 0 Å². The second-order valence-electron chi connectivity index (χ2n) is 6.47. The zero-order valence-electron chi connectivity index (χ0n) is 14.3. The second-order valence-corrected chi connectivity index (χ2v) is 6.47. The van der Waals surface area contributed by atoms with Crippen LogP contribution in [-0.4, -0.2) is 9.97 Å². The van der Waals surface area contributed by atoms with Crippen LogP contribution in [0.4, 0.5) is 0 Å². The summed E-state index contributed by atoms with van der Waals surface area (Å²) in [7, 11) is 0. The number of fused-ring (bicyclic) bond motifs is 3. The zero-order chi connectivity index (χ0) is 17.7. The summed E-state index contributed by atoms with van der Waals surface area (Å²) in [6.45, 7) is 5.93. The first kappa shape index (κ1) is 15.2. The van der Waals surface area contributed by atoms with E-state index in [1.54, 1.807) is 0 Å². The van der Waals surface area contributed by atoms with Crippen molar-refractivity contribution in [2.45, 2.75) is 20.8 Å². The normalized spacial score (nSPS) is 11.1. The van der Waals surface area contributed by atoms with Crippen molar-refractivity contribution in [3.8, 4) is 17.2 Å². The van der Waals surface area contributed by atoms with Crippen LogP contribution >= 0.6 is 0 Å². The van der Waals surface area contributed by atoms with Crippen molar-refractivity contribution >= 4 is 21.8 Å². The molecule has 4 aromatic rings. The van der Waals surface area contributed by atoms with Crippen molar-refractivity contribution in [3.05, 3.63) is 69.1 Å². The third kappa shape index (κ3) is 2.17. The number of nitriles is 1. The van der Waals surface area contributed by atoms with E-state index in [1.165, 1.54) is 0 Å². The van der Waals surface area contributed by atoms with Crippen LogP contribution in [-0.2, 0) is 0 Å². The predicted molar refractivity (Wildman–Crippen MR) is 101 cm³/mol. The van der Waals surface area contributed by atoms with Crippen LogP contribution in [0.1, 0.15) is 22.4 Å². The maximum absolute atomic E-state index is 12.2. The zero-order valence-corrected chi connectivity index (χ0v) is 14.3. The lowest BCUT2D eigenvalue weighted by atomic mass is 9.92. The lowest BCUT2D eigenvalue weighted by Gasteiger charge is -2.12. The van der Waals surface area contributed by atoms with E-state index in [-0.39, 0.29) is 11.1 Å². The van der Waals surface area contributed by atoms with Gasteiger partial charge in [-0.3, -0.25) is 4.79 Å². The Balaban J connectivity index is 2.18. The van der Waals surface area contributed by atoms with E-state index in [0.717, 1.165) is 44.2 Å². The molecule has 0 aliphatic carbocycles. The molecule has 0 unspecified atom stereocenters. The van der Waals surface area contributed by atoms with E-state index in [1.807, 2.05) is 32.0 Å². The highest BCUT2D eigenvalue weighted by Crippen LogP contribution is 2.37. The van der Waals surface area contributed by atoms with Crippen LogP contribution in [0.25, 0.3) is 32.9 Å².